The zero-order valence-corrected chi connectivity index (χ0v) is 16.3. The van der Waals surface area contributed by atoms with Gasteiger partial charge in [0.1, 0.15) is 0 Å². The first kappa shape index (κ1) is 18.4. The summed E-state index contributed by atoms with van der Waals surface area (Å²) in [5.74, 6) is -0.396. The molecular formula is C20H20FN5O2S. The van der Waals surface area contributed by atoms with E-state index in [1.54, 1.807) is 36.0 Å². The van der Waals surface area contributed by atoms with Crippen molar-refractivity contribution in [3.63, 3.8) is 0 Å². The van der Waals surface area contributed by atoms with Gasteiger partial charge in [-0.1, -0.05) is 12.1 Å². The summed E-state index contributed by atoms with van der Waals surface area (Å²) >= 11 is 1.62. The van der Waals surface area contributed by atoms with Crippen LogP contribution in [0.2, 0.25) is 0 Å². The quantitative estimate of drug-likeness (QED) is 0.659. The van der Waals surface area contributed by atoms with Crippen LogP contribution in [0.4, 0.5) is 21.8 Å². The fraction of sp³-hybridized carbons (Fsp3) is 0.400. The number of Topliss-reactive ketones (excluding diaryl/α,β-unsaturated/α-hetero) is 1. The number of primary amides is 1. The molecule has 1 amide bonds. The average molecular weight is 413 g/mol. The molecule has 1 aromatic carbocycles. The highest BCUT2D eigenvalue weighted by Crippen LogP contribution is 2.53. The number of benzene rings is 1. The number of thioether (sulfide) groups is 1. The summed E-state index contributed by atoms with van der Waals surface area (Å²) in [5, 5.41) is 6.38. The number of carbonyl (C=O) groups excluding carboxylic acids is 2. The number of aromatic nitrogens is 2. The summed E-state index contributed by atoms with van der Waals surface area (Å²) < 4.78 is 14.5. The lowest BCUT2D eigenvalue weighted by molar-refractivity contribution is -0.123. The highest BCUT2D eigenvalue weighted by molar-refractivity contribution is 8.00. The van der Waals surface area contributed by atoms with Crippen LogP contribution in [-0.2, 0) is 4.79 Å². The number of anilines is 3. The van der Waals surface area contributed by atoms with Crippen molar-refractivity contribution in [1.82, 2.24) is 9.97 Å². The van der Waals surface area contributed by atoms with E-state index in [4.69, 9.17) is 5.73 Å². The van der Waals surface area contributed by atoms with E-state index in [0.717, 1.165) is 19.0 Å². The molecule has 4 N–H and O–H groups in total. The first-order chi connectivity index (χ1) is 14.0. The Morgan fingerprint density at radius 3 is 3.00 bits per heavy atom. The fourth-order valence-corrected chi connectivity index (χ4v) is 6.39. The van der Waals surface area contributed by atoms with E-state index in [9.17, 15) is 14.0 Å². The predicted molar refractivity (Wildman–Crippen MR) is 109 cm³/mol. The van der Waals surface area contributed by atoms with Crippen LogP contribution in [0.5, 0.6) is 0 Å². The van der Waals surface area contributed by atoms with Crippen molar-refractivity contribution in [1.29, 1.82) is 0 Å². The Bertz CT molecular complexity index is 1000. The molecule has 9 heteroatoms. The highest BCUT2D eigenvalue weighted by atomic mass is 32.2. The maximum Gasteiger partial charge on any atom is 0.229 e. The van der Waals surface area contributed by atoms with E-state index < -0.39 is 5.82 Å². The molecule has 2 saturated carbocycles. The first-order valence-electron chi connectivity index (χ1n) is 9.60. The van der Waals surface area contributed by atoms with Gasteiger partial charge in [-0.3, -0.25) is 9.59 Å². The molecule has 2 aliphatic carbocycles. The second-order valence-corrected chi connectivity index (χ2v) is 9.09. The number of halogens is 1. The fourth-order valence-electron chi connectivity index (χ4n) is 4.95. The SMILES string of the molecule is NC(=O)C1C2CC3SCC(=O)c4cccc(c4)Nc4ncc(F)c(n4)NC1C3C2. The maximum absolute atomic E-state index is 14.5. The van der Waals surface area contributed by atoms with E-state index in [2.05, 4.69) is 20.6 Å². The van der Waals surface area contributed by atoms with Crippen LogP contribution in [0.3, 0.4) is 0 Å². The monoisotopic (exact) mass is 413 g/mol. The van der Waals surface area contributed by atoms with Crippen molar-refractivity contribution in [2.24, 2.45) is 23.5 Å². The normalized spacial score (nSPS) is 30.2. The Labute approximate surface area is 171 Å². The third kappa shape index (κ3) is 3.23. The zero-order valence-electron chi connectivity index (χ0n) is 15.5. The molecule has 2 fully saturated rings. The number of ketones is 1. The highest BCUT2D eigenvalue weighted by Gasteiger charge is 2.55. The Hall–Kier alpha value is -2.68. The molecule has 2 aromatic rings. The van der Waals surface area contributed by atoms with Gasteiger partial charge in [0.15, 0.2) is 17.4 Å². The molecule has 6 bridgehead atoms. The lowest BCUT2D eigenvalue weighted by Gasteiger charge is -2.35. The van der Waals surface area contributed by atoms with Gasteiger partial charge in [-0.15, -0.1) is 11.8 Å². The molecule has 0 saturated heterocycles. The van der Waals surface area contributed by atoms with Crippen molar-refractivity contribution >= 4 is 40.9 Å². The molecule has 5 unspecified atom stereocenters. The van der Waals surface area contributed by atoms with Crippen LogP contribution in [0.15, 0.2) is 30.5 Å². The number of rotatable bonds is 1. The van der Waals surface area contributed by atoms with Gasteiger partial charge in [0, 0.05) is 22.5 Å². The summed E-state index contributed by atoms with van der Waals surface area (Å²) in [4.78, 5) is 33.1. The molecule has 5 rings (SSSR count). The van der Waals surface area contributed by atoms with Gasteiger partial charge in [-0.2, -0.15) is 4.98 Å². The van der Waals surface area contributed by atoms with Crippen molar-refractivity contribution in [2.45, 2.75) is 24.1 Å². The van der Waals surface area contributed by atoms with Gasteiger partial charge in [-0.25, -0.2) is 9.37 Å². The van der Waals surface area contributed by atoms with Gasteiger partial charge in [0.2, 0.25) is 11.9 Å². The maximum atomic E-state index is 14.5. The Kier molecular flexibility index (Phi) is 4.42. The minimum absolute atomic E-state index is 0.0511. The molecule has 5 atom stereocenters. The standard InChI is InChI=1S/C20H20FN5O2S/c21-13-7-23-20-24-11-3-1-2-9(4-11)14(27)8-29-15-6-10-5-12(15)17(16(10)18(22)28)25-19(13)26-20/h1-4,7,10,12,15-17H,5-6,8H2,(H2,22,28)(H2,23,24,25,26). The van der Waals surface area contributed by atoms with Crippen molar-refractivity contribution < 1.29 is 14.0 Å². The Balaban J connectivity index is 1.56. The summed E-state index contributed by atoms with van der Waals surface area (Å²) in [6.07, 6.45) is 2.77. The lowest BCUT2D eigenvalue weighted by Crippen LogP contribution is -2.46. The lowest BCUT2D eigenvalue weighted by atomic mass is 9.83. The first-order valence-corrected chi connectivity index (χ1v) is 10.6. The van der Waals surface area contributed by atoms with Gasteiger partial charge in [0.25, 0.3) is 0 Å². The van der Waals surface area contributed by atoms with E-state index in [1.165, 1.54) is 0 Å². The molecule has 29 heavy (non-hydrogen) atoms. The molecule has 1 aliphatic heterocycles. The van der Waals surface area contributed by atoms with Crippen molar-refractivity contribution in [3.05, 3.63) is 41.8 Å². The van der Waals surface area contributed by atoms with Gasteiger partial charge in [0.05, 0.1) is 17.9 Å². The third-order valence-corrected chi connectivity index (χ3v) is 7.59. The number of fused-ring (bicyclic) bond motifs is 5. The van der Waals surface area contributed by atoms with Crippen molar-refractivity contribution in [3.8, 4) is 0 Å². The Morgan fingerprint density at radius 2 is 2.17 bits per heavy atom. The predicted octanol–water partition coefficient (Wildman–Crippen LogP) is 2.58. The van der Waals surface area contributed by atoms with Crippen LogP contribution in [0, 0.1) is 23.6 Å². The number of hydrogen-bond acceptors (Lipinski definition) is 7. The molecule has 2 heterocycles. The third-order valence-electron chi connectivity index (χ3n) is 6.19. The summed E-state index contributed by atoms with van der Waals surface area (Å²) in [7, 11) is 0. The van der Waals surface area contributed by atoms with E-state index >= 15 is 0 Å². The summed E-state index contributed by atoms with van der Waals surface area (Å²) in [5.41, 5.74) is 6.93. The number of nitrogens with zero attached hydrogens (tertiary/aromatic N) is 2. The Morgan fingerprint density at radius 1 is 1.31 bits per heavy atom. The van der Waals surface area contributed by atoms with E-state index in [1.807, 2.05) is 0 Å². The number of nitrogens with two attached hydrogens (primary N) is 1. The number of amides is 1. The molecule has 150 valence electrons. The van der Waals surface area contributed by atoms with Crippen molar-refractivity contribution in [2.75, 3.05) is 16.4 Å². The molecule has 0 radical (unpaired) electrons. The number of carbonyl (C=O) groups is 2. The van der Waals surface area contributed by atoms with Crippen LogP contribution in [-0.4, -0.2) is 38.7 Å². The van der Waals surface area contributed by atoms with Gasteiger partial charge in [-0.05, 0) is 36.8 Å². The molecule has 7 nitrogen and oxygen atoms in total. The minimum Gasteiger partial charge on any atom is -0.369 e. The van der Waals surface area contributed by atoms with Gasteiger partial charge >= 0.3 is 0 Å². The van der Waals surface area contributed by atoms with Crippen LogP contribution in [0.25, 0.3) is 0 Å². The van der Waals surface area contributed by atoms with Crippen LogP contribution < -0.4 is 16.4 Å². The largest absolute Gasteiger partial charge is 0.369 e. The second-order valence-electron chi connectivity index (χ2n) is 7.86. The molecule has 3 aliphatic rings. The molecule has 1 aromatic heterocycles. The second kappa shape index (κ2) is 6.98. The topological polar surface area (TPSA) is 110 Å². The van der Waals surface area contributed by atoms with E-state index in [-0.39, 0.29) is 52.5 Å². The summed E-state index contributed by atoms with van der Waals surface area (Å²) in [6, 6.07) is 6.81. The summed E-state index contributed by atoms with van der Waals surface area (Å²) in [6.45, 7) is 0. The average Bonchev–Trinajstić information content (AvgIpc) is 3.26. The number of nitrogens with one attached hydrogen (secondary N) is 2. The zero-order chi connectivity index (χ0) is 20.1. The molecule has 0 spiro atoms. The smallest absolute Gasteiger partial charge is 0.229 e. The van der Waals surface area contributed by atoms with Crippen LogP contribution >= 0.6 is 11.8 Å². The minimum atomic E-state index is -0.582. The number of hydrogen-bond donors (Lipinski definition) is 3. The van der Waals surface area contributed by atoms with Gasteiger partial charge < -0.3 is 16.4 Å². The van der Waals surface area contributed by atoms with E-state index in [0.29, 0.717) is 17.0 Å². The van der Waals surface area contributed by atoms with Crippen LogP contribution in [0.1, 0.15) is 23.2 Å². The molecular weight excluding hydrogens is 393 g/mol.